The summed E-state index contributed by atoms with van der Waals surface area (Å²) in [5, 5.41) is 2.99. The second-order valence-corrected chi connectivity index (χ2v) is 2.29. The minimum Gasteiger partial charge on any atom is -0.334 e. The molecule has 1 heterocycles. The molecule has 0 aromatic carbocycles. The van der Waals surface area contributed by atoms with E-state index in [1.165, 1.54) is 0 Å². The van der Waals surface area contributed by atoms with Gasteiger partial charge in [-0.2, -0.15) is 0 Å². The molecule has 0 saturated heterocycles. The van der Waals surface area contributed by atoms with E-state index in [1.807, 2.05) is 13.1 Å². The summed E-state index contributed by atoms with van der Waals surface area (Å²) in [6, 6.07) is 0. The number of nitrogens with zero attached hydrogens (tertiary/aromatic N) is 1. The van der Waals surface area contributed by atoms with Crippen molar-refractivity contribution >= 4 is 5.91 Å². The summed E-state index contributed by atoms with van der Waals surface area (Å²) in [4.78, 5) is 12.7. The van der Waals surface area contributed by atoms with E-state index in [4.69, 9.17) is 0 Å². The summed E-state index contributed by atoms with van der Waals surface area (Å²) in [6.45, 7) is 2.45. The van der Waals surface area contributed by atoms with E-state index in [0.717, 1.165) is 19.6 Å². The fourth-order valence-corrected chi connectivity index (χ4v) is 0.924. The number of likely N-dealkylation sites (N-methyl/N-ethyl adjacent to an activating group) is 1. The number of nitrogens with one attached hydrogen (secondary N) is 1. The van der Waals surface area contributed by atoms with Crippen molar-refractivity contribution in [2.45, 2.75) is 0 Å². The first-order valence-electron chi connectivity index (χ1n) is 3.44. The van der Waals surface area contributed by atoms with Gasteiger partial charge in [0.05, 0.1) is 0 Å². The third kappa shape index (κ3) is 1.57. The molecule has 10 heavy (non-hydrogen) atoms. The second kappa shape index (κ2) is 3.37. The van der Waals surface area contributed by atoms with Gasteiger partial charge in [-0.15, -0.1) is 0 Å². The Morgan fingerprint density at radius 2 is 2.60 bits per heavy atom. The maximum atomic E-state index is 10.9. The standard InChI is InChI=1S/C7H12N2O/c1-8-4-6-9-5-2-3-7(9)10/h2-3,8H,4-6H2,1H3. The molecular formula is C7H12N2O. The molecule has 0 bridgehead atoms. The molecular weight excluding hydrogens is 128 g/mol. The molecule has 1 N–H and O–H groups in total. The maximum absolute atomic E-state index is 10.9. The SMILES string of the molecule is CNCCN1CC=CC1=O. The minimum absolute atomic E-state index is 0.134. The van der Waals surface area contributed by atoms with Gasteiger partial charge < -0.3 is 10.2 Å². The van der Waals surface area contributed by atoms with Crippen LogP contribution in [-0.2, 0) is 4.79 Å². The lowest BCUT2D eigenvalue weighted by Crippen LogP contribution is -2.32. The van der Waals surface area contributed by atoms with Crippen LogP contribution in [0.15, 0.2) is 12.2 Å². The van der Waals surface area contributed by atoms with Crippen molar-refractivity contribution in [3.8, 4) is 0 Å². The Hall–Kier alpha value is -0.830. The molecule has 0 atom stereocenters. The highest BCUT2D eigenvalue weighted by atomic mass is 16.2. The zero-order valence-electron chi connectivity index (χ0n) is 6.13. The van der Waals surface area contributed by atoms with Crippen molar-refractivity contribution in [1.29, 1.82) is 0 Å². The molecule has 0 aromatic rings. The van der Waals surface area contributed by atoms with E-state index in [2.05, 4.69) is 5.32 Å². The van der Waals surface area contributed by atoms with E-state index >= 15 is 0 Å². The van der Waals surface area contributed by atoms with Crippen molar-refractivity contribution in [2.75, 3.05) is 26.7 Å². The summed E-state index contributed by atoms with van der Waals surface area (Å²) in [7, 11) is 1.88. The highest BCUT2D eigenvalue weighted by Crippen LogP contribution is 1.98. The summed E-state index contributed by atoms with van der Waals surface area (Å²) in [5.41, 5.74) is 0. The quantitative estimate of drug-likeness (QED) is 0.578. The van der Waals surface area contributed by atoms with Crippen LogP contribution in [0.2, 0.25) is 0 Å². The fraction of sp³-hybridized carbons (Fsp3) is 0.571. The van der Waals surface area contributed by atoms with Gasteiger partial charge in [0.25, 0.3) is 0 Å². The molecule has 0 aliphatic carbocycles. The first-order chi connectivity index (χ1) is 4.84. The summed E-state index contributed by atoms with van der Waals surface area (Å²) in [6.07, 6.45) is 3.51. The molecule has 0 unspecified atom stereocenters. The Balaban J connectivity index is 2.24. The third-order valence-corrected chi connectivity index (χ3v) is 1.53. The normalized spacial score (nSPS) is 16.9. The Morgan fingerprint density at radius 3 is 3.10 bits per heavy atom. The number of hydrogen-bond donors (Lipinski definition) is 1. The van der Waals surface area contributed by atoms with Crippen molar-refractivity contribution in [2.24, 2.45) is 0 Å². The van der Waals surface area contributed by atoms with Gasteiger partial charge in [0.15, 0.2) is 0 Å². The second-order valence-electron chi connectivity index (χ2n) is 2.29. The largest absolute Gasteiger partial charge is 0.334 e. The Labute approximate surface area is 60.7 Å². The average molecular weight is 140 g/mol. The lowest BCUT2D eigenvalue weighted by molar-refractivity contribution is -0.124. The highest BCUT2D eigenvalue weighted by molar-refractivity contribution is 5.89. The summed E-state index contributed by atoms with van der Waals surface area (Å²) in [5.74, 6) is 0.134. The lowest BCUT2D eigenvalue weighted by atomic mass is 10.5. The highest BCUT2D eigenvalue weighted by Gasteiger charge is 2.12. The van der Waals surface area contributed by atoms with Gasteiger partial charge in [-0.3, -0.25) is 4.79 Å². The van der Waals surface area contributed by atoms with Crippen molar-refractivity contribution < 1.29 is 4.79 Å². The van der Waals surface area contributed by atoms with Gasteiger partial charge in [-0.25, -0.2) is 0 Å². The predicted octanol–water partition coefficient (Wildman–Crippen LogP) is -0.396. The molecule has 56 valence electrons. The molecule has 0 radical (unpaired) electrons. The predicted molar refractivity (Wildman–Crippen MR) is 39.6 cm³/mol. The first-order valence-corrected chi connectivity index (χ1v) is 3.44. The number of rotatable bonds is 3. The average Bonchev–Trinajstić information content (AvgIpc) is 2.31. The molecule has 1 aliphatic rings. The smallest absolute Gasteiger partial charge is 0.246 e. The van der Waals surface area contributed by atoms with Crippen LogP contribution in [0.5, 0.6) is 0 Å². The summed E-state index contributed by atoms with van der Waals surface area (Å²) < 4.78 is 0. The van der Waals surface area contributed by atoms with E-state index in [9.17, 15) is 4.79 Å². The number of carbonyl (C=O) groups is 1. The molecule has 0 spiro atoms. The number of carbonyl (C=O) groups excluding carboxylic acids is 1. The van der Waals surface area contributed by atoms with E-state index in [-0.39, 0.29) is 5.91 Å². The van der Waals surface area contributed by atoms with Crippen LogP contribution in [0.4, 0.5) is 0 Å². The van der Waals surface area contributed by atoms with Crippen LogP contribution in [0.3, 0.4) is 0 Å². The maximum Gasteiger partial charge on any atom is 0.246 e. The van der Waals surface area contributed by atoms with Gasteiger partial charge in [-0.05, 0) is 7.05 Å². The van der Waals surface area contributed by atoms with Crippen molar-refractivity contribution in [3.63, 3.8) is 0 Å². The van der Waals surface area contributed by atoms with Crippen LogP contribution in [0.25, 0.3) is 0 Å². The molecule has 1 aliphatic heterocycles. The monoisotopic (exact) mass is 140 g/mol. The van der Waals surface area contributed by atoms with Gasteiger partial charge in [-0.1, -0.05) is 6.08 Å². The van der Waals surface area contributed by atoms with Gasteiger partial charge in [0.2, 0.25) is 5.91 Å². The van der Waals surface area contributed by atoms with Gasteiger partial charge in [0.1, 0.15) is 0 Å². The van der Waals surface area contributed by atoms with Crippen LogP contribution in [0, 0.1) is 0 Å². The van der Waals surface area contributed by atoms with Gasteiger partial charge >= 0.3 is 0 Å². The third-order valence-electron chi connectivity index (χ3n) is 1.53. The topological polar surface area (TPSA) is 32.3 Å². The molecule has 3 nitrogen and oxygen atoms in total. The molecule has 0 fully saturated rings. The van der Waals surface area contributed by atoms with Crippen LogP contribution >= 0.6 is 0 Å². The van der Waals surface area contributed by atoms with E-state index in [1.54, 1.807) is 11.0 Å². The Morgan fingerprint density at radius 1 is 1.80 bits per heavy atom. The van der Waals surface area contributed by atoms with Crippen molar-refractivity contribution in [1.82, 2.24) is 10.2 Å². The van der Waals surface area contributed by atoms with Crippen LogP contribution in [0.1, 0.15) is 0 Å². The van der Waals surface area contributed by atoms with Crippen LogP contribution < -0.4 is 5.32 Å². The van der Waals surface area contributed by atoms with Crippen LogP contribution in [-0.4, -0.2) is 37.5 Å². The number of amides is 1. The molecule has 0 aromatic heterocycles. The number of hydrogen-bond acceptors (Lipinski definition) is 2. The zero-order chi connectivity index (χ0) is 7.40. The van der Waals surface area contributed by atoms with Gasteiger partial charge in [0, 0.05) is 25.7 Å². The Kier molecular flexibility index (Phi) is 2.45. The Bertz CT molecular complexity index is 154. The summed E-state index contributed by atoms with van der Waals surface area (Å²) >= 11 is 0. The molecule has 1 amide bonds. The van der Waals surface area contributed by atoms with E-state index < -0.39 is 0 Å². The molecule has 0 saturated carbocycles. The lowest BCUT2D eigenvalue weighted by Gasteiger charge is -2.14. The van der Waals surface area contributed by atoms with Crippen molar-refractivity contribution in [3.05, 3.63) is 12.2 Å². The first kappa shape index (κ1) is 7.28. The molecule has 3 heteroatoms. The zero-order valence-corrected chi connectivity index (χ0v) is 6.13. The minimum atomic E-state index is 0.134. The van der Waals surface area contributed by atoms with E-state index in [0.29, 0.717) is 0 Å². The molecule has 1 rings (SSSR count). The fourth-order valence-electron chi connectivity index (χ4n) is 0.924.